The summed E-state index contributed by atoms with van der Waals surface area (Å²) in [6.45, 7) is 0. The molecule has 0 unspecified atom stereocenters. The van der Waals surface area contributed by atoms with Crippen LogP contribution in [0.3, 0.4) is 0 Å². The summed E-state index contributed by atoms with van der Waals surface area (Å²) in [5.74, 6) is -0.213. The maximum Gasteiger partial charge on any atom is 0.249 e. The Hall–Kier alpha value is -4.82. The van der Waals surface area contributed by atoms with Gasteiger partial charge in [0.2, 0.25) is 5.91 Å². The number of nitrogens with zero attached hydrogens (tertiary/aromatic N) is 4. The van der Waals surface area contributed by atoms with Gasteiger partial charge in [-0.1, -0.05) is 30.3 Å². The Balaban J connectivity index is 1.78. The van der Waals surface area contributed by atoms with Crippen LogP contribution in [0.5, 0.6) is 0 Å². The van der Waals surface area contributed by atoms with Crippen LogP contribution in [0.2, 0.25) is 0 Å². The zero-order valence-electron chi connectivity index (χ0n) is 19.7. The lowest BCUT2D eigenvalue weighted by Gasteiger charge is -2.22. The third-order valence-electron chi connectivity index (χ3n) is 6.39. The molecule has 0 spiro atoms. The van der Waals surface area contributed by atoms with E-state index in [2.05, 4.69) is 27.1 Å². The van der Waals surface area contributed by atoms with Crippen LogP contribution in [-0.2, 0) is 6.42 Å². The molecule has 4 aromatic heterocycles. The first kappa shape index (κ1) is 22.6. The minimum atomic E-state index is -0.533. The van der Waals surface area contributed by atoms with Crippen molar-refractivity contribution in [3.8, 4) is 27.9 Å². The molecule has 0 bridgehead atoms. The SMILES string of the molecule is NC(=O)c1c(-c2ccsc2)cc(-n2cnc3cccnc32)c(Cc2ccccc2)c1-c1cccnc1N. The maximum absolute atomic E-state index is 13.2. The molecule has 7 nitrogen and oxygen atoms in total. The van der Waals surface area contributed by atoms with Crippen LogP contribution in [0.4, 0.5) is 5.82 Å². The third-order valence-corrected chi connectivity index (χ3v) is 7.07. The lowest BCUT2D eigenvalue weighted by Crippen LogP contribution is -2.17. The van der Waals surface area contributed by atoms with Crippen LogP contribution in [0, 0.1) is 0 Å². The van der Waals surface area contributed by atoms with Gasteiger partial charge in [-0.25, -0.2) is 15.0 Å². The fourth-order valence-electron chi connectivity index (χ4n) is 4.76. The van der Waals surface area contributed by atoms with Crippen molar-refractivity contribution < 1.29 is 4.79 Å². The highest BCUT2D eigenvalue weighted by Crippen LogP contribution is 2.42. The van der Waals surface area contributed by atoms with Gasteiger partial charge in [-0.2, -0.15) is 11.3 Å². The molecule has 0 aliphatic heterocycles. The second-order valence-electron chi connectivity index (χ2n) is 8.61. The van der Waals surface area contributed by atoms with E-state index in [0.29, 0.717) is 34.6 Å². The highest BCUT2D eigenvalue weighted by molar-refractivity contribution is 7.08. The predicted octanol–water partition coefficient (Wildman–Crippen LogP) is 5.48. The van der Waals surface area contributed by atoms with Crippen molar-refractivity contribution in [3.63, 3.8) is 0 Å². The number of pyridine rings is 2. The van der Waals surface area contributed by atoms with E-state index in [1.54, 1.807) is 30.1 Å². The van der Waals surface area contributed by atoms with Crippen molar-refractivity contribution in [1.82, 2.24) is 19.5 Å². The number of nitrogens with two attached hydrogens (primary N) is 2. The molecule has 0 fully saturated rings. The van der Waals surface area contributed by atoms with Crippen molar-refractivity contribution in [2.24, 2.45) is 5.73 Å². The van der Waals surface area contributed by atoms with Crippen molar-refractivity contribution in [1.29, 1.82) is 0 Å². The molecule has 1 amide bonds. The Morgan fingerprint density at radius 1 is 0.919 bits per heavy atom. The van der Waals surface area contributed by atoms with E-state index in [1.165, 1.54) is 0 Å². The largest absolute Gasteiger partial charge is 0.383 e. The molecule has 4 N–H and O–H groups in total. The van der Waals surface area contributed by atoms with E-state index in [-0.39, 0.29) is 0 Å². The van der Waals surface area contributed by atoms with Gasteiger partial charge in [-0.15, -0.1) is 0 Å². The summed E-state index contributed by atoms with van der Waals surface area (Å²) in [7, 11) is 0. The molecule has 6 aromatic rings. The van der Waals surface area contributed by atoms with Crippen molar-refractivity contribution in [3.05, 3.63) is 113 Å². The normalized spacial score (nSPS) is 11.1. The second-order valence-corrected chi connectivity index (χ2v) is 9.39. The molecule has 4 heterocycles. The van der Waals surface area contributed by atoms with Crippen LogP contribution in [0.15, 0.2) is 96.2 Å². The van der Waals surface area contributed by atoms with E-state index >= 15 is 0 Å². The molecule has 2 aromatic carbocycles. The topological polar surface area (TPSA) is 113 Å². The number of hydrogen-bond donors (Lipinski definition) is 2. The Morgan fingerprint density at radius 3 is 2.49 bits per heavy atom. The summed E-state index contributed by atoms with van der Waals surface area (Å²) in [5.41, 5.74) is 20.1. The van der Waals surface area contributed by atoms with Crippen LogP contribution in [0.25, 0.3) is 39.1 Å². The number of carbonyl (C=O) groups is 1. The maximum atomic E-state index is 13.2. The number of thiophene rings is 1. The van der Waals surface area contributed by atoms with Gasteiger partial charge in [0, 0.05) is 29.9 Å². The van der Waals surface area contributed by atoms with Gasteiger partial charge < -0.3 is 11.5 Å². The number of carbonyl (C=O) groups excluding carboxylic acids is 1. The lowest BCUT2D eigenvalue weighted by atomic mass is 9.85. The fourth-order valence-corrected chi connectivity index (χ4v) is 5.41. The van der Waals surface area contributed by atoms with E-state index in [4.69, 9.17) is 11.5 Å². The van der Waals surface area contributed by atoms with Crippen molar-refractivity contribution in [2.75, 3.05) is 5.73 Å². The molecule has 0 saturated heterocycles. The summed E-state index contributed by atoms with van der Waals surface area (Å²) >= 11 is 1.55. The lowest BCUT2D eigenvalue weighted by molar-refractivity contribution is 0.100. The summed E-state index contributed by atoms with van der Waals surface area (Å²) in [5, 5.41) is 3.98. The van der Waals surface area contributed by atoms with Gasteiger partial charge >= 0.3 is 0 Å². The molecule has 0 aliphatic rings. The molecular formula is C29H22N6OS. The average Bonchev–Trinajstić information content (AvgIpc) is 3.60. The highest BCUT2D eigenvalue weighted by atomic mass is 32.1. The fraction of sp³-hybridized carbons (Fsp3) is 0.0345. The minimum Gasteiger partial charge on any atom is -0.383 e. The highest BCUT2D eigenvalue weighted by Gasteiger charge is 2.26. The number of fused-ring (bicyclic) bond motifs is 1. The average molecular weight is 503 g/mol. The quantitative estimate of drug-likeness (QED) is 0.313. The minimum absolute atomic E-state index is 0.321. The molecule has 0 aliphatic carbocycles. The molecule has 0 saturated carbocycles. The molecular weight excluding hydrogens is 480 g/mol. The standard InChI is InChI=1S/C29H22N6OS/c30-27-20(8-4-11-32-27)25-22(14-18-6-2-1-3-7-18)24(35-17-34-23-9-5-12-33-29(23)35)15-21(26(25)28(31)36)19-10-13-37-16-19/h1-13,15-17H,14H2,(H2,30,32)(H2,31,36). The zero-order chi connectivity index (χ0) is 25.4. The first-order valence-electron chi connectivity index (χ1n) is 11.7. The smallest absolute Gasteiger partial charge is 0.249 e. The summed E-state index contributed by atoms with van der Waals surface area (Å²) in [6.07, 6.45) is 5.67. The number of imidazole rings is 1. The number of amides is 1. The van der Waals surface area contributed by atoms with Crippen LogP contribution in [-0.4, -0.2) is 25.4 Å². The summed E-state index contributed by atoms with van der Waals surface area (Å²) in [6, 6.07) is 21.5. The molecule has 0 atom stereocenters. The third kappa shape index (κ3) is 4.03. The van der Waals surface area contributed by atoms with Crippen molar-refractivity contribution in [2.45, 2.75) is 6.42 Å². The van der Waals surface area contributed by atoms with E-state index in [9.17, 15) is 4.79 Å². The molecule has 180 valence electrons. The van der Waals surface area contributed by atoms with Gasteiger partial charge in [0.15, 0.2) is 5.65 Å². The predicted molar refractivity (Wildman–Crippen MR) is 148 cm³/mol. The Morgan fingerprint density at radius 2 is 1.73 bits per heavy atom. The number of rotatable bonds is 6. The Kier molecular flexibility index (Phi) is 5.71. The first-order valence-corrected chi connectivity index (χ1v) is 12.6. The van der Waals surface area contributed by atoms with Crippen LogP contribution >= 0.6 is 11.3 Å². The number of nitrogen functional groups attached to an aromatic ring is 1. The first-order chi connectivity index (χ1) is 18.1. The Labute approximate surface area is 217 Å². The van der Waals surface area contributed by atoms with E-state index < -0.39 is 5.91 Å². The monoisotopic (exact) mass is 502 g/mol. The van der Waals surface area contributed by atoms with Crippen molar-refractivity contribution >= 4 is 34.2 Å². The number of anilines is 1. The molecule has 6 rings (SSSR count). The van der Waals surface area contributed by atoms with Gasteiger partial charge in [-0.05, 0) is 69.4 Å². The van der Waals surface area contributed by atoms with E-state index in [1.807, 2.05) is 69.9 Å². The summed E-state index contributed by atoms with van der Waals surface area (Å²) < 4.78 is 1.96. The van der Waals surface area contributed by atoms with Gasteiger partial charge in [0.25, 0.3) is 0 Å². The molecule has 0 radical (unpaired) electrons. The number of benzene rings is 2. The number of hydrogen-bond acceptors (Lipinski definition) is 6. The van der Waals surface area contributed by atoms with Gasteiger partial charge in [0.05, 0.1) is 11.3 Å². The Bertz CT molecular complexity index is 1740. The molecule has 8 heteroatoms. The van der Waals surface area contributed by atoms with Gasteiger partial charge in [0.1, 0.15) is 17.7 Å². The number of primary amides is 1. The van der Waals surface area contributed by atoms with Crippen LogP contribution in [0.1, 0.15) is 21.5 Å². The summed E-state index contributed by atoms with van der Waals surface area (Å²) in [4.78, 5) is 26.7. The van der Waals surface area contributed by atoms with Crippen LogP contribution < -0.4 is 11.5 Å². The second kappa shape index (κ2) is 9.33. The van der Waals surface area contributed by atoms with Gasteiger partial charge in [-0.3, -0.25) is 9.36 Å². The van der Waals surface area contributed by atoms with E-state index in [0.717, 1.165) is 33.5 Å². The molecule has 37 heavy (non-hydrogen) atoms. The zero-order valence-corrected chi connectivity index (χ0v) is 20.5. The number of aromatic nitrogens is 4.